The zero-order valence-electron chi connectivity index (χ0n) is 26.7. The molecule has 3 fully saturated rings. The Kier molecular flexibility index (Phi) is 8.80. The highest BCUT2D eigenvalue weighted by Crippen LogP contribution is 2.66. The van der Waals surface area contributed by atoms with Crippen LogP contribution in [-0.2, 0) is 38.1 Å². The normalized spacial score (nSPS) is 38.5. The fraction of sp³-hybridized carbons (Fsp3) is 0.636. The fourth-order valence-corrected chi connectivity index (χ4v) is 8.75. The molecule has 246 valence electrons. The maximum atomic E-state index is 15.2. The number of fused-ring (bicyclic) bond motifs is 5. The number of esters is 3. The Morgan fingerprint density at radius 1 is 1.09 bits per heavy atom. The number of rotatable bonds is 7. The maximum absolute atomic E-state index is 15.2. The van der Waals surface area contributed by atoms with E-state index in [-0.39, 0.29) is 36.7 Å². The lowest BCUT2D eigenvalue weighted by Crippen LogP contribution is -2.81. The number of hydrogen-bond donors (Lipinski definition) is 2. The average molecular weight is 647 g/mol. The van der Waals surface area contributed by atoms with Crippen LogP contribution in [0.5, 0.6) is 5.75 Å². The van der Waals surface area contributed by atoms with Crippen molar-refractivity contribution in [3.8, 4) is 5.75 Å². The summed E-state index contributed by atoms with van der Waals surface area (Å²) in [5.74, 6) is -5.33. The molecule has 5 rings (SSSR count). The summed E-state index contributed by atoms with van der Waals surface area (Å²) < 4.78 is 30.1. The number of carbonyl (C=O) groups is 4. The Labute approximate surface area is 266 Å². The van der Waals surface area contributed by atoms with Crippen LogP contribution < -0.4 is 4.74 Å². The molecule has 1 aliphatic heterocycles. The Morgan fingerprint density at radius 3 is 2.31 bits per heavy atom. The third kappa shape index (κ3) is 5.04. The molecule has 1 unspecified atom stereocenters. The van der Waals surface area contributed by atoms with Gasteiger partial charge in [-0.05, 0) is 43.4 Å². The molecule has 1 aromatic rings. The van der Waals surface area contributed by atoms with E-state index in [1.807, 2.05) is 6.26 Å². The van der Waals surface area contributed by atoms with Gasteiger partial charge in [0.15, 0.2) is 17.5 Å². The van der Waals surface area contributed by atoms with Crippen LogP contribution in [0, 0.1) is 22.7 Å². The Balaban J connectivity index is 1.87. The molecule has 1 saturated heterocycles. The number of para-hydroxylation sites is 1. The van der Waals surface area contributed by atoms with Gasteiger partial charge in [-0.3, -0.25) is 19.2 Å². The number of benzene rings is 1. The maximum Gasteiger partial charge on any atom is 0.317 e. The van der Waals surface area contributed by atoms with Crippen LogP contribution in [0.1, 0.15) is 54.4 Å². The zero-order chi connectivity index (χ0) is 33.1. The Morgan fingerprint density at radius 2 is 1.76 bits per heavy atom. The summed E-state index contributed by atoms with van der Waals surface area (Å²) in [5.41, 5.74) is -6.21. The largest absolute Gasteiger partial charge is 0.454 e. The molecule has 0 aromatic heterocycles. The molecule has 9 atom stereocenters. The predicted octanol–water partition coefficient (Wildman–Crippen LogP) is 2.99. The molecule has 4 aliphatic rings. The number of Topliss-reactive ketones (excluding diaryl/α,β-unsaturated/α-hetero) is 1. The smallest absolute Gasteiger partial charge is 0.317 e. The summed E-state index contributed by atoms with van der Waals surface area (Å²) in [6.45, 7) is 8.81. The second-order valence-electron chi connectivity index (χ2n) is 13.3. The molecule has 2 saturated carbocycles. The quantitative estimate of drug-likeness (QED) is 0.194. The van der Waals surface area contributed by atoms with Gasteiger partial charge in [0.1, 0.15) is 11.9 Å². The zero-order valence-corrected chi connectivity index (χ0v) is 27.5. The molecule has 1 heterocycles. The highest BCUT2D eigenvalue weighted by atomic mass is 32.2. The van der Waals surface area contributed by atoms with E-state index in [9.17, 15) is 24.6 Å². The van der Waals surface area contributed by atoms with Gasteiger partial charge in [0.05, 0.1) is 41.7 Å². The standard InChI is InChI=1S/C33H42O11S/c1-17-21(36)14-33(39)25(29(38)43-20-11-9-8-10-12-20)27-31(6,28(37)26(42-18(2)34)24(17)30(33,4)5)22(41-16-45-7)13-23-32(27,15-40-23)44-19(3)35/h8-12,21-23,25-27,36,39H,13-16H2,1-7H3/t21-,22-,23+,25+,26+,27?,31+,32-,33+/m0/s1. The second kappa shape index (κ2) is 11.8. The number of ether oxygens (including phenoxy) is 5. The van der Waals surface area contributed by atoms with E-state index in [4.69, 9.17) is 23.7 Å². The third-order valence-corrected chi connectivity index (χ3v) is 11.0. The lowest BCUT2D eigenvalue weighted by atomic mass is 9.42. The van der Waals surface area contributed by atoms with Crippen LogP contribution >= 0.6 is 11.8 Å². The van der Waals surface area contributed by atoms with Crippen molar-refractivity contribution in [2.75, 3.05) is 18.8 Å². The predicted molar refractivity (Wildman–Crippen MR) is 162 cm³/mol. The van der Waals surface area contributed by atoms with E-state index >= 15 is 4.79 Å². The van der Waals surface area contributed by atoms with E-state index < -0.39 is 82.0 Å². The minimum Gasteiger partial charge on any atom is -0.454 e. The highest BCUT2D eigenvalue weighted by molar-refractivity contribution is 7.98. The SMILES string of the molecule is CSCO[C@H]1C[C@H]2OC[C@@]2(OC(C)=O)C2[C@H](C(=O)Oc3ccccc3)[C@]3(O)C[C@H](O)C(C)=C([C@@H](OC(C)=O)C(=O)[C@@]21C)C3(C)C. The minimum absolute atomic E-state index is 0.127. The topological polar surface area (TPSA) is 155 Å². The number of aliphatic hydroxyl groups is 2. The molecule has 0 radical (unpaired) electrons. The van der Waals surface area contributed by atoms with Crippen molar-refractivity contribution in [1.29, 1.82) is 0 Å². The van der Waals surface area contributed by atoms with Gasteiger partial charge in [-0.25, -0.2) is 0 Å². The van der Waals surface area contributed by atoms with E-state index in [0.29, 0.717) is 5.57 Å². The van der Waals surface area contributed by atoms with Crippen molar-refractivity contribution in [3.05, 3.63) is 41.5 Å². The molecule has 12 heteroatoms. The molecule has 0 amide bonds. The first-order valence-electron chi connectivity index (χ1n) is 15.1. The van der Waals surface area contributed by atoms with E-state index in [1.54, 1.807) is 58.0 Å². The Hall–Kier alpha value is -2.77. The summed E-state index contributed by atoms with van der Waals surface area (Å²) in [5, 5.41) is 24.5. The van der Waals surface area contributed by atoms with Crippen molar-refractivity contribution < 1.29 is 53.1 Å². The van der Waals surface area contributed by atoms with Crippen LogP contribution in [0.15, 0.2) is 41.5 Å². The van der Waals surface area contributed by atoms with Gasteiger partial charge in [-0.1, -0.05) is 32.0 Å². The number of ketones is 1. The summed E-state index contributed by atoms with van der Waals surface area (Å²) in [4.78, 5) is 55.3. The number of carbonyl (C=O) groups excluding carboxylic acids is 4. The molecule has 1 aromatic carbocycles. The molecular formula is C33H42O11S. The van der Waals surface area contributed by atoms with Crippen LogP contribution in [0.2, 0.25) is 0 Å². The number of thioether (sulfide) groups is 1. The van der Waals surface area contributed by atoms with Gasteiger partial charge in [-0.15, -0.1) is 11.8 Å². The van der Waals surface area contributed by atoms with Gasteiger partial charge in [0.25, 0.3) is 0 Å². The fourth-order valence-electron chi connectivity index (χ4n) is 8.45. The third-order valence-electron chi connectivity index (χ3n) is 10.6. The van der Waals surface area contributed by atoms with E-state index in [0.717, 1.165) is 0 Å². The van der Waals surface area contributed by atoms with Crippen molar-refractivity contribution in [3.63, 3.8) is 0 Å². The van der Waals surface area contributed by atoms with Crippen molar-refractivity contribution in [1.82, 2.24) is 0 Å². The van der Waals surface area contributed by atoms with Crippen LogP contribution in [-0.4, -0.2) is 88.3 Å². The lowest BCUT2D eigenvalue weighted by Gasteiger charge is -2.67. The molecule has 45 heavy (non-hydrogen) atoms. The van der Waals surface area contributed by atoms with Crippen LogP contribution in [0.3, 0.4) is 0 Å². The molecule has 2 bridgehead atoms. The monoisotopic (exact) mass is 646 g/mol. The molecular weight excluding hydrogens is 604 g/mol. The van der Waals surface area contributed by atoms with Gasteiger partial charge >= 0.3 is 17.9 Å². The van der Waals surface area contributed by atoms with E-state index in [2.05, 4.69) is 0 Å². The summed E-state index contributed by atoms with van der Waals surface area (Å²) in [6, 6.07) is 8.31. The number of aliphatic hydroxyl groups excluding tert-OH is 1. The highest BCUT2D eigenvalue weighted by Gasteiger charge is 2.78. The summed E-state index contributed by atoms with van der Waals surface area (Å²) >= 11 is 1.38. The second-order valence-corrected chi connectivity index (χ2v) is 14.2. The summed E-state index contributed by atoms with van der Waals surface area (Å²) in [7, 11) is 0. The van der Waals surface area contributed by atoms with Gasteiger partial charge in [0, 0.05) is 38.0 Å². The average Bonchev–Trinajstić information content (AvgIpc) is 2.95. The first-order chi connectivity index (χ1) is 21.1. The van der Waals surface area contributed by atoms with Crippen molar-refractivity contribution in [2.45, 2.75) is 90.0 Å². The first kappa shape index (κ1) is 33.6. The van der Waals surface area contributed by atoms with Gasteiger partial charge in [-0.2, -0.15) is 0 Å². The van der Waals surface area contributed by atoms with Gasteiger partial charge < -0.3 is 33.9 Å². The van der Waals surface area contributed by atoms with E-state index in [1.165, 1.54) is 25.6 Å². The first-order valence-corrected chi connectivity index (χ1v) is 16.5. The summed E-state index contributed by atoms with van der Waals surface area (Å²) in [6.07, 6.45) is -2.88. The molecule has 2 N–H and O–H groups in total. The Bertz CT molecular complexity index is 1410. The van der Waals surface area contributed by atoms with Gasteiger partial charge in [0.2, 0.25) is 0 Å². The minimum atomic E-state index is -2.10. The number of hydrogen-bond acceptors (Lipinski definition) is 12. The molecule has 11 nitrogen and oxygen atoms in total. The van der Waals surface area contributed by atoms with Crippen molar-refractivity contribution >= 4 is 35.5 Å². The molecule has 3 aliphatic carbocycles. The lowest BCUT2D eigenvalue weighted by molar-refractivity contribution is -0.339. The molecule has 0 spiro atoms. The van der Waals surface area contributed by atoms with Crippen LogP contribution in [0.25, 0.3) is 0 Å². The van der Waals surface area contributed by atoms with Crippen LogP contribution in [0.4, 0.5) is 0 Å². The van der Waals surface area contributed by atoms with Crippen molar-refractivity contribution in [2.24, 2.45) is 22.7 Å².